The van der Waals surface area contributed by atoms with Gasteiger partial charge in [0.2, 0.25) is 17.7 Å². The molecule has 0 aromatic heterocycles. The number of carbonyl (C=O) groups is 4. The summed E-state index contributed by atoms with van der Waals surface area (Å²) < 4.78 is 5.26. The first kappa shape index (κ1) is 23.3. The highest BCUT2D eigenvalue weighted by Gasteiger charge is 2.49. The summed E-state index contributed by atoms with van der Waals surface area (Å²) in [7, 11) is 1.61. The molecule has 0 bridgehead atoms. The van der Waals surface area contributed by atoms with Gasteiger partial charge in [0.15, 0.2) is 0 Å². The van der Waals surface area contributed by atoms with Crippen LogP contribution in [0.25, 0.3) is 0 Å². The average Bonchev–Trinajstić information content (AvgIpc) is 3.53. The molecule has 1 saturated carbocycles. The molecule has 1 aliphatic carbocycles. The molecule has 4 rings (SSSR count). The summed E-state index contributed by atoms with van der Waals surface area (Å²) in [6.07, 6.45) is 5.56. The smallest absolute Gasteiger partial charge is 0.243 e. The van der Waals surface area contributed by atoms with Crippen LogP contribution >= 0.6 is 0 Å². The molecule has 2 N–H and O–H groups in total. The fourth-order valence-electron chi connectivity index (χ4n) is 5.71. The van der Waals surface area contributed by atoms with Crippen molar-refractivity contribution in [2.24, 2.45) is 17.8 Å². The first-order valence-corrected chi connectivity index (χ1v) is 12.0. The van der Waals surface area contributed by atoms with Crippen LogP contribution in [0, 0.1) is 17.8 Å². The van der Waals surface area contributed by atoms with E-state index in [0.29, 0.717) is 51.0 Å². The molecule has 1 aromatic rings. The van der Waals surface area contributed by atoms with Crippen LogP contribution in [0.1, 0.15) is 44.1 Å². The van der Waals surface area contributed by atoms with Crippen LogP contribution in [0.15, 0.2) is 24.3 Å². The Hall–Kier alpha value is -2.90. The van der Waals surface area contributed by atoms with Gasteiger partial charge in [-0.25, -0.2) is 0 Å². The molecule has 0 spiro atoms. The minimum absolute atomic E-state index is 0.0369. The highest BCUT2D eigenvalue weighted by Crippen LogP contribution is 2.42. The topological polar surface area (TPSA) is 105 Å². The Morgan fingerprint density at radius 3 is 2.88 bits per heavy atom. The fraction of sp³-hybridized carbons (Fsp3) is 0.600. The molecule has 1 unspecified atom stereocenters. The van der Waals surface area contributed by atoms with E-state index in [0.717, 1.165) is 30.6 Å². The highest BCUT2D eigenvalue weighted by molar-refractivity contribution is 5.90. The summed E-state index contributed by atoms with van der Waals surface area (Å²) in [6, 6.07) is 6.39. The monoisotopic (exact) mass is 455 g/mol. The first-order chi connectivity index (χ1) is 16.0. The molecule has 33 heavy (non-hydrogen) atoms. The van der Waals surface area contributed by atoms with Gasteiger partial charge in [-0.1, -0.05) is 18.6 Å². The fourth-order valence-corrected chi connectivity index (χ4v) is 5.71. The van der Waals surface area contributed by atoms with Gasteiger partial charge in [0.25, 0.3) is 0 Å². The number of carbonyl (C=O) groups excluding carboxylic acids is 4. The van der Waals surface area contributed by atoms with E-state index < -0.39 is 12.1 Å². The van der Waals surface area contributed by atoms with Gasteiger partial charge in [-0.2, -0.15) is 0 Å². The SMILES string of the molecule is COc1cccc(CCC(=O)N2C[C@@H]3CCC[C@H]3C2C(=O)N[C@H](C=O)C[C@@H]2CCNC2=O)c1. The third-order valence-electron chi connectivity index (χ3n) is 7.43. The molecular formula is C25H33N3O5. The number of fused-ring (bicyclic) bond motifs is 1. The zero-order valence-electron chi connectivity index (χ0n) is 19.1. The minimum atomic E-state index is -0.722. The van der Waals surface area contributed by atoms with Gasteiger partial charge in [-0.05, 0) is 61.6 Å². The van der Waals surface area contributed by atoms with E-state index in [1.807, 2.05) is 24.3 Å². The zero-order valence-corrected chi connectivity index (χ0v) is 19.1. The van der Waals surface area contributed by atoms with Gasteiger partial charge in [0.05, 0.1) is 13.2 Å². The van der Waals surface area contributed by atoms with Crippen molar-refractivity contribution >= 4 is 24.0 Å². The van der Waals surface area contributed by atoms with Gasteiger partial charge >= 0.3 is 0 Å². The lowest BCUT2D eigenvalue weighted by atomic mass is 9.92. The Kier molecular flexibility index (Phi) is 7.30. The van der Waals surface area contributed by atoms with Crippen LogP contribution in [0.5, 0.6) is 5.75 Å². The van der Waals surface area contributed by atoms with Crippen LogP contribution in [-0.4, -0.2) is 61.2 Å². The number of aldehydes is 1. The third kappa shape index (κ3) is 5.20. The molecule has 2 heterocycles. The maximum Gasteiger partial charge on any atom is 0.243 e. The Morgan fingerprint density at radius 2 is 2.15 bits per heavy atom. The largest absolute Gasteiger partial charge is 0.497 e. The van der Waals surface area contributed by atoms with Crippen LogP contribution in [0.2, 0.25) is 0 Å². The number of hydrogen-bond donors (Lipinski definition) is 2. The summed E-state index contributed by atoms with van der Waals surface area (Å²) in [5.41, 5.74) is 1.01. The van der Waals surface area contributed by atoms with Crippen LogP contribution in [0.3, 0.4) is 0 Å². The van der Waals surface area contributed by atoms with Crippen LogP contribution in [-0.2, 0) is 25.6 Å². The second-order valence-electron chi connectivity index (χ2n) is 9.46. The number of benzene rings is 1. The molecular weight excluding hydrogens is 422 g/mol. The Morgan fingerprint density at radius 1 is 1.30 bits per heavy atom. The second-order valence-corrected chi connectivity index (χ2v) is 9.46. The van der Waals surface area contributed by atoms with E-state index >= 15 is 0 Å². The molecule has 8 nitrogen and oxygen atoms in total. The number of hydrogen-bond acceptors (Lipinski definition) is 5. The van der Waals surface area contributed by atoms with Crippen molar-refractivity contribution in [1.82, 2.24) is 15.5 Å². The highest BCUT2D eigenvalue weighted by atomic mass is 16.5. The van der Waals surface area contributed by atoms with Crippen molar-refractivity contribution < 1.29 is 23.9 Å². The Bertz CT molecular complexity index is 904. The lowest BCUT2D eigenvalue weighted by Crippen LogP contribution is -2.52. The number of nitrogens with one attached hydrogen (secondary N) is 2. The number of nitrogens with zero attached hydrogens (tertiary/aromatic N) is 1. The molecule has 3 fully saturated rings. The van der Waals surface area contributed by atoms with E-state index in [2.05, 4.69) is 10.6 Å². The lowest BCUT2D eigenvalue weighted by molar-refractivity contribution is -0.140. The number of methoxy groups -OCH3 is 1. The second kappa shape index (κ2) is 10.4. The van der Waals surface area contributed by atoms with Gasteiger partial charge in [0.1, 0.15) is 18.1 Å². The average molecular weight is 456 g/mol. The maximum absolute atomic E-state index is 13.3. The third-order valence-corrected chi connectivity index (χ3v) is 7.43. The van der Waals surface area contributed by atoms with Gasteiger partial charge in [-0.15, -0.1) is 0 Å². The predicted octanol–water partition coefficient (Wildman–Crippen LogP) is 1.46. The summed E-state index contributed by atoms with van der Waals surface area (Å²) in [4.78, 5) is 51.8. The Balaban J connectivity index is 1.41. The standard InChI is InChI=1S/C25H33N3O5/c1-33-20-6-2-4-16(12-20)8-9-22(30)28-14-18-5-3-7-21(18)23(28)25(32)27-19(15-29)13-17-10-11-26-24(17)31/h2,4,6,12,15,17-19,21,23H,3,5,7-11,13-14H2,1H3,(H,26,31)(H,27,32)/t17-,18-,19-,21+,23?/m0/s1. The lowest BCUT2D eigenvalue weighted by Gasteiger charge is -2.28. The van der Waals surface area contributed by atoms with Gasteiger partial charge in [-0.3, -0.25) is 14.4 Å². The molecule has 1 aromatic carbocycles. The number of ether oxygens (including phenoxy) is 1. The minimum Gasteiger partial charge on any atom is -0.497 e. The van der Waals surface area contributed by atoms with Crippen molar-refractivity contribution in [3.63, 3.8) is 0 Å². The summed E-state index contributed by atoms with van der Waals surface area (Å²) in [6.45, 7) is 1.20. The van der Waals surface area contributed by atoms with Crippen molar-refractivity contribution in [3.05, 3.63) is 29.8 Å². The number of aryl methyl sites for hydroxylation is 1. The number of likely N-dealkylation sites (tertiary alicyclic amines) is 1. The molecule has 2 aliphatic heterocycles. The molecule has 0 radical (unpaired) electrons. The van der Waals surface area contributed by atoms with Crippen molar-refractivity contribution in [3.8, 4) is 5.75 Å². The summed E-state index contributed by atoms with van der Waals surface area (Å²) in [5.74, 6) is 0.583. The number of rotatable bonds is 9. The van der Waals surface area contributed by atoms with E-state index in [4.69, 9.17) is 4.74 Å². The van der Waals surface area contributed by atoms with Crippen molar-refractivity contribution in [2.75, 3.05) is 20.2 Å². The van der Waals surface area contributed by atoms with E-state index in [-0.39, 0.29) is 29.6 Å². The quantitative estimate of drug-likeness (QED) is 0.549. The summed E-state index contributed by atoms with van der Waals surface area (Å²) in [5, 5.41) is 5.61. The van der Waals surface area contributed by atoms with Crippen LogP contribution in [0.4, 0.5) is 0 Å². The molecule has 8 heteroatoms. The molecule has 3 amide bonds. The maximum atomic E-state index is 13.3. The first-order valence-electron chi connectivity index (χ1n) is 12.0. The van der Waals surface area contributed by atoms with E-state index in [9.17, 15) is 19.2 Å². The molecule has 3 aliphatic rings. The van der Waals surface area contributed by atoms with Gasteiger partial charge < -0.3 is 25.1 Å². The normalized spacial score (nSPS) is 27.1. The van der Waals surface area contributed by atoms with Crippen LogP contribution < -0.4 is 15.4 Å². The predicted molar refractivity (Wildman–Crippen MR) is 121 cm³/mol. The van der Waals surface area contributed by atoms with Crippen molar-refractivity contribution in [1.29, 1.82) is 0 Å². The Labute approximate surface area is 194 Å². The molecule has 178 valence electrons. The van der Waals surface area contributed by atoms with Crippen molar-refractivity contribution in [2.45, 2.75) is 57.0 Å². The van der Waals surface area contributed by atoms with Gasteiger partial charge in [0, 0.05) is 25.4 Å². The summed E-state index contributed by atoms with van der Waals surface area (Å²) >= 11 is 0. The molecule has 5 atom stereocenters. The van der Waals surface area contributed by atoms with E-state index in [1.54, 1.807) is 12.0 Å². The van der Waals surface area contributed by atoms with E-state index in [1.165, 1.54) is 0 Å². The zero-order chi connectivity index (χ0) is 23.4. The number of amides is 3. The molecule has 2 saturated heterocycles.